The molecule has 0 aromatic carbocycles. The SMILES string of the molecule is Cc1ccc(CNCc2ccc(Cl)o2)s1. The summed E-state index contributed by atoms with van der Waals surface area (Å²) < 4.78 is 5.23. The van der Waals surface area contributed by atoms with E-state index < -0.39 is 0 Å². The summed E-state index contributed by atoms with van der Waals surface area (Å²) >= 11 is 7.48. The predicted octanol–water partition coefficient (Wildman–Crippen LogP) is 3.59. The van der Waals surface area contributed by atoms with Crippen LogP contribution in [0, 0.1) is 6.92 Å². The molecule has 4 heteroatoms. The Morgan fingerprint density at radius 3 is 2.73 bits per heavy atom. The lowest BCUT2D eigenvalue weighted by Gasteiger charge is -1.99. The second-order valence-electron chi connectivity index (χ2n) is 3.32. The molecule has 2 aromatic rings. The number of halogens is 1. The first-order valence-electron chi connectivity index (χ1n) is 4.74. The molecule has 0 saturated carbocycles. The highest BCUT2D eigenvalue weighted by atomic mass is 35.5. The summed E-state index contributed by atoms with van der Waals surface area (Å²) in [7, 11) is 0. The van der Waals surface area contributed by atoms with E-state index in [1.807, 2.05) is 17.4 Å². The van der Waals surface area contributed by atoms with Crippen LogP contribution in [0.4, 0.5) is 0 Å². The highest BCUT2D eigenvalue weighted by Gasteiger charge is 2.00. The molecule has 0 spiro atoms. The van der Waals surface area contributed by atoms with Gasteiger partial charge in [0.05, 0.1) is 6.54 Å². The van der Waals surface area contributed by atoms with Crippen molar-refractivity contribution in [2.75, 3.05) is 0 Å². The Morgan fingerprint density at radius 1 is 1.27 bits per heavy atom. The lowest BCUT2D eigenvalue weighted by molar-refractivity contribution is 0.485. The van der Waals surface area contributed by atoms with Gasteiger partial charge < -0.3 is 9.73 Å². The summed E-state index contributed by atoms with van der Waals surface area (Å²) in [6.45, 7) is 3.70. The minimum absolute atomic E-state index is 0.443. The maximum Gasteiger partial charge on any atom is 0.193 e. The molecule has 15 heavy (non-hydrogen) atoms. The van der Waals surface area contributed by atoms with Crippen molar-refractivity contribution in [2.45, 2.75) is 20.0 Å². The smallest absolute Gasteiger partial charge is 0.193 e. The molecule has 0 bridgehead atoms. The Balaban J connectivity index is 1.80. The van der Waals surface area contributed by atoms with Gasteiger partial charge in [0.25, 0.3) is 0 Å². The van der Waals surface area contributed by atoms with Crippen LogP contribution in [0.25, 0.3) is 0 Å². The van der Waals surface area contributed by atoms with Gasteiger partial charge in [-0.1, -0.05) is 0 Å². The molecule has 0 radical (unpaired) electrons. The number of aryl methyl sites for hydroxylation is 1. The zero-order valence-electron chi connectivity index (χ0n) is 8.42. The van der Waals surface area contributed by atoms with E-state index in [4.69, 9.17) is 16.0 Å². The van der Waals surface area contributed by atoms with Gasteiger partial charge in [0, 0.05) is 16.3 Å². The lowest BCUT2D eigenvalue weighted by Crippen LogP contribution is -2.10. The molecule has 0 unspecified atom stereocenters. The van der Waals surface area contributed by atoms with Gasteiger partial charge in [-0.15, -0.1) is 11.3 Å². The molecule has 2 aromatic heterocycles. The minimum Gasteiger partial charge on any atom is -0.448 e. The molecule has 2 heterocycles. The van der Waals surface area contributed by atoms with Crippen molar-refractivity contribution in [1.29, 1.82) is 0 Å². The van der Waals surface area contributed by atoms with E-state index in [9.17, 15) is 0 Å². The number of thiophene rings is 1. The van der Waals surface area contributed by atoms with Crippen LogP contribution in [0.5, 0.6) is 0 Å². The van der Waals surface area contributed by atoms with Crippen LogP contribution in [-0.4, -0.2) is 0 Å². The summed E-state index contributed by atoms with van der Waals surface area (Å²) in [6.07, 6.45) is 0. The number of furan rings is 1. The Kier molecular flexibility index (Phi) is 3.46. The molecule has 0 aliphatic heterocycles. The third kappa shape index (κ3) is 3.09. The van der Waals surface area contributed by atoms with E-state index in [0.29, 0.717) is 11.8 Å². The average Bonchev–Trinajstić information content (AvgIpc) is 2.76. The first kappa shape index (κ1) is 10.7. The van der Waals surface area contributed by atoms with E-state index in [-0.39, 0.29) is 0 Å². The lowest BCUT2D eigenvalue weighted by atomic mass is 10.4. The molecule has 1 N–H and O–H groups in total. The Hall–Kier alpha value is -0.770. The quantitative estimate of drug-likeness (QED) is 0.885. The maximum atomic E-state index is 5.67. The number of rotatable bonds is 4. The third-order valence-corrected chi connectivity index (χ3v) is 3.23. The Labute approximate surface area is 97.9 Å². The van der Waals surface area contributed by atoms with Gasteiger partial charge in [-0.2, -0.15) is 0 Å². The van der Waals surface area contributed by atoms with Crippen molar-refractivity contribution >= 4 is 22.9 Å². The predicted molar refractivity (Wildman–Crippen MR) is 63.3 cm³/mol. The van der Waals surface area contributed by atoms with E-state index in [0.717, 1.165) is 12.3 Å². The minimum atomic E-state index is 0.443. The van der Waals surface area contributed by atoms with Crippen molar-refractivity contribution in [1.82, 2.24) is 5.32 Å². The number of hydrogen-bond donors (Lipinski definition) is 1. The van der Waals surface area contributed by atoms with Gasteiger partial charge in [0.1, 0.15) is 5.76 Å². The van der Waals surface area contributed by atoms with Gasteiger partial charge in [-0.05, 0) is 42.8 Å². The van der Waals surface area contributed by atoms with Crippen LogP contribution in [-0.2, 0) is 13.1 Å². The molecule has 0 aliphatic carbocycles. The van der Waals surface area contributed by atoms with Gasteiger partial charge in [0.15, 0.2) is 5.22 Å². The van der Waals surface area contributed by atoms with Crippen LogP contribution in [0.2, 0.25) is 5.22 Å². The van der Waals surface area contributed by atoms with Crippen LogP contribution in [0.15, 0.2) is 28.7 Å². The molecule has 80 valence electrons. The fourth-order valence-electron chi connectivity index (χ4n) is 1.34. The molecule has 0 saturated heterocycles. The summed E-state index contributed by atoms with van der Waals surface area (Å²) in [5.41, 5.74) is 0. The normalized spacial score (nSPS) is 10.8. The number of hydrogen-bond acceptors (Lipinski definition) is 3. The van der Waals surface area contributed by atoms with Gasteiger partial charge in [-0.3, -0.25) is 0 Å². The molecule has 2 nitrogen and oxygen atoms in total. The molecule has 0 aliphatic rings. The van der Waals surface area contributed by atoms with Crippen LogP contribution < -0.4 is 5.32 Å². The third-order valence-electron chi connectivity index (χ3n) is 2.02. The van der Waals surface area contributed by atoms with Crippen molar-refractivity contribution in [3.63, 3.8) is 0 Å². The van der Waals surface area contributed by atoms with Crippen molar-refractivity contribution in [3.8, 4) is 0 Å². The molecular weight excluding hydrogens is 230 g/mol. The van der Waals surface area contributed by atoms with Crippen LogP contribution in [0.1, 0.15) is 15.5 Å². The largest absolute Gasteiger partial charge is 0.448 e. The van der Waals surface area contributed by atoms with Crippen molar-refractivity contribution in [3.05, 3.63) is 45.0 Å². The molecule has 2 rings (SSSR count). The maximum absolute atomic E-state index is 5.67. The first-order chi connectivity index (χ1) is 7.24. The van der Waals surface area contributed by atoms with Crippen LogP contribution in [0.3, 0.4) is 0 Å². The first-order valence-corrected chi connectivity index (χ1v) is 5.94. The summed E-state index contributed by atoms with van der Waals surface area (Å²) in [4.78, 5) is 2.68. The summed E-state index contributed by atoms with van der Waals surface area (Å²) in [6, 6.07) is 7.91. The average molecular weight is 242 g/mol. The standard InChI is InChI=1S/C11H12ClNOS/c1-8-2-4-10(15-8)7-13-6-9-3-5-11(12)14-9/h2-5,13H,6-7H2,1H3. The zero-order valence-corrected chi connectivity index (χ0v) is 9.99. The molecule has 0 amide bonds. The zero-order chi connectivity index (χ0) is 10.7. The summed E-state index contributed by atoms with van der Waals surface area (Å²) in [5.74, 6) is 0.869. The fourth-order valence-corrected chi connectivity index (χ4v) is 2.36. The van der Waals surface area contributed by atoms with E-state index in [2.05, 4.69) is 24.4 Å². The highest BCUT2D eigenvalue weighted by Crippen LogP contribution is 2.15. The fraction of sp³-hybridized carbons (Fsp3) is 0.273. The van der Waals surface area contributed by atoms with Gasteiger partial charge >= 0.3 is 0 Å². The van der Waals surface area contributed by atoms with Gasteiger partial charge in [-0.25, -0.2) is 0 Å². The van der Waals surface area contributed by atoms with E-state index in [1.165, 1.54) is 9.75 Å². The van der Waals surface area contributed by atoms with E-state index >= 15 is 0 Å². The van der Waals surface area contributed by atoms with Gasteiger partial charge in [0.2, 0.25) is 0 Å². The Bertz CT molecular complexity index is 395. The van der Waals surface area contributed by atoms with Crippen molar-refractivity contribution < 1.29 is 4.42 Å². The second-order valence-corrected chi connectivity index (χ2v) is 5.07. The van der Waals surface area contributed by atoms with Crippen LogP contribution >= 0.6 is 22.9 Å². The highest BCUT2D eigenvalue weighted by molar-refractivity contribution is 7.11. The second kappa shape index (κ2) is 4.84. The topological polar surface area (TPSA) is 25.2 Å². The number of nitrogens with one attached hydrogen (secondary N) is 1. The van der Waals surface area contributed by atoms with Crippen molar-refractivity contribution in [2.24, 2.45) is 0 Å². The monoisotopic (exact) mass is 241 g/mol. The molecular formula is C11H12ClNOS. The van der Waals surface area contributed by atoms with E-state index in [1.54, 1.807) is 6.07 Å². The molecule has 0 fully saturated rings. The summed E-state index contributed by atoms with van der Waals surface area (Å²) in [5, 5.41) is 3.75. The molecule has 0 atom stereocenters. The Morgan fingerprint density at radius 2 is 2.13 bits per heavy atom.